The highest BCUT2D eigenvalue weighted by molar-refractivity contribution is 5.30. The van der Waals surface area contributed by atoms with Crippen LogP contribution in [-0.4, -0.2) is 286 Å². The van der Waals surface area contributed by atoms with Gasteiger partial charge in [0, 0.05) is 5.41 Å². The lowest BCUT2D eigenvalue weighted by Crippen LogP contribution is -2.65. The van der Waals surface area contributed by atoms with E-state index < -0.39 is 210 Å². The molecule has 0 aromatic rings. The number of aliphatic hydroxyl groups is 17. The van der Waals surface area contributed by atoms with E-state index in [1.807, 2.05) is 20.8 Å². The van der Waals surface area contributed by atoms with Crippen molar-refractivity contribution in [1.82, 2.24) is 0 Å². The highest BCUT2D eigenvalue weighted by Crippen LogP contribution is 2.75. The SMILES string of the molecule is C[C@H](CCC(OC1OC(COC2OC(CO)C(O)C(O)C2O)C(O)C(O)C1OC1OC(CO)C(O)C(O)C1O)C(C)(C)C)[C@H]1CC[C@@]2(C)C3CC=C4C(CC[C@H](OC5OC(COC6OC(CO)C(O)C(O)C6O)C(O)C(O)C5O)C4(C)C)[C@]3(C)CC[C@]12C. The van der Waals surface area contributed by atoms with Crippen LogP contribution in [0.2, 0.25) is 0 Å². The summed E-state index contributed by atoms with van der Waals surface area (Å²) in [5.41, 5.74) is -0.0202. The fourth-order valence-corrected chi connectivity index (χ4v) is 17.1. The molecule has 9 aliphatic rings. The highest BCUT2D eigenvalue weighted by Gasteiger charge is 2.68. The van der Waals surface area contributed by atoms with E-state index in [1.165, 1.54) is 5.57 Å². The Morgan fingerprint density at radius 3 is 1.43 bits per heavy atom. The van der Waals surface area contributed by atoms with Gasteiger partial charge in [0.1, 0.15) is 122 Å². The van der Waals surface area contributed by atoms with Crippen LogP contribution < -0.4 is 0 Å². The molecule has 0 aromatic carbocycles. The van der Waals surface area contributed by atoms with Gasteiger partial charge in [0.05, 0.1) is 45.2 Å². The van der Waals surface area contributed by atoms with Crippen molar-refractivity contribution in [3.8, 4) is 0 Å². The van der Waals surface area contributed by atoms with E-state index in [9.17, 15) is 86.8 Å². The number of rotatable bonds is 19. The minimum absolute atomic E-state index is 0.0450. The summed E-state index contributed by atoms with van der Waals surface area (Å²) in [6.07, 6.45) is -31.4. The molecule has 34 atom stereocenters. The Kier molecular flexibility index (Phi) is 22.1. The monoisotopic (exact) mass is 1270 g/mol. The summed E-state index contributed by atoms with van der Waals surface area (Å²) in [6, 6.07) is 0. The molecule has 5 heterocycles. The summed E-state index contributed by atoms with van der Waals surface area (Å²) in [4.78, 5) is 0. The molecule has 17 N–H and O–H groups in total. The zero-order chi connectivity index (χ0) is 64.7. The van der Waals surface area contributed by atoms with Crippen LogP contribution in [0, 0.1) is 50.7 Å². The molecule has 0 bridgehead atoms. The molecule has 27 heteroatoms. The van der Waals surface area contributed by atoms with Gasteiger partial charge in [0.2, 0.25) is 0 Å². The van der Waals surface area contributed by atoms with Crippen LogP contribution in [0.1, 0.15) is 120 Å². The van der Waals surface area contributed by atoms with Crippen LogP contribution in [0.15, 0.2) is 11.6 Å². The second-order valence-corrected chi connectivity index (χ2v) is 29.4. The Morgan fingerprint density at radius 1 is 0.489 bits per heavy atom. The zero-order valence-electron chi connectivity index (χ0n) is 52.1. The Bertz CT molecular complexity index is 2310. The summed E-state index contributed by atoms with van der Waals surface area (Å²) < 4.78 is 60.1. The van der Waals surface area contributed by atoms with E-state index in [1.54, 1.807) is 0 Å². The Morgan fingerprint density at radius 2 is 0.932 bits per heavy atom. The van der Waals surface area contributed by atoms with Gasteiger partial charge in [-0.3, -0.25) is 0 Å². The van der Waals surface area contributed by atoms with Gasteiger partial charge in [0.15, 0.2) is 31.5 Å². The van der Waals surface area contributed by atoms with Gasteiger partial charge in [-0.1, -0.05) is 74.0 Å². The maximum absolute atomic E-state index is 11.9. The number of allylic oxidation sites excluding steroid dienone is 1. The standard InChI is InChI=1S/C61H104O27/c1-25(10-14-35(57(2,3)4)86-56-51(88-55-50(78)44(72)39(67)31(22-64)83-55)46(74)41(69)33(85-56)24-80-53-48(76)43(71)38(66)30(21-63)82-53)26-16-17-61(9)34-13-11-27-28(59(34,7)18-19-60(26,61)8)12-15-36(58(27,5)6)87-54-49(77)45(73)40(68)32(84-54)23-79-52-47(75)42(70)37(65)29(20-62)81-52/h11,25-26,28-56,62-78H,10,12-24H2,1-9H3/t25-,26-,28?,29?,30?,31?,32?,33?,34?,35?,36+,37?,38?,39?,40?,41?,42?,43?,44?,45?,46?,47?,48?,49?,50?,51?,52?,53?,54?,55?,56?,59+,60-,61+/m1/s1. The number of aliphatic hydroxyl groups excluding tert-OH is 17. The Labute approximate surface area is 514 Å². The van der Waals surface area contributed by atoms with Gasteiger partial charge >= 0.3 is 0 Å². The summed E-state index contributed by atoms with van der Waals surface area (Å²) in [6.45, 7) is 16.7. The lowest BCUT2D eigenvalue weighted by molar-refractivity contribution is -0.379. The lowest BCUT2D eigenvalue weighted by atomic mass is 9.39. The minimum Gasteiger partial charge on any atom is -0.394 e. The molecule has 5 aliphatic heterocycles. The van der Waals surface area contributed by atoms with Crippen LogP contribution in [0.5, 0.6) is 0 Å². The molecule has 9 rings (SSSR count). The number of hydrogen-bond acceptors (Lipinski definition) is 27. The maximum Gasteiger partial charge on any atom is 0.187 e. The highest BCUT2D eigenvalue weighted by atomic mass is 16.8. The van der Waals surface area contributed by atoms with Crippen molar-refractivity contribution in [1.29, 1.82) is 0 Å². The van der Waals surface area contributed by atoms with Gasteiger partial charge in [-0.15, -0.1) is 0 Å². The van der Waals surface area contributed by atoms with Crippen LogP contribution in [0.4, 0.5) is 0 Å². The molecule has 5 saturated heterocycles. The van der Waals surface area contributed by atoms with Crippen LogP contribution in [-0.2, 0) is 47.4 Å². The van der Waals surface area contributed by atoms with Gasteiger partial charge in [-0.25, -0.2) is 0 Å². The molecule has 510 valence electrons. The van der Waals surface area contributed by atoms with Crippen LogP contribution in [0.3, 0.4) is 0 Å². The second kappa shape index (κ2) is 27.4. The second-order valence-electron chi connectivity index (χ2n) is 29.4. The van der Waals surface area contributed by atoms with E-state index in [4.69, 9.17) is 47.4 Å². The molecule has 27 nitrogen and oxygen atoms in total. The summed E-state index contributed by atoms with van der Waals surface area (Å²) in [7, 11) is 0. The molecule has 0 aromatic heterocycles. The first-order valence-electron chi connectivity index (χ1n) is 31.7. The van der Waals surface area contributed by atoms with Crippen molar-refractivity contribution < 1.29 is 134 Å². The molecule has 88 heavy (non-hydrogen) atoms. The predicted octanol–water partition coefficient (Wildman–Crippen LogP) is -3.10. The van der Waals surface area contributed by atoms with Gasteiger partial charge in [0.25, 0.3) is 0 Å². The average molecular weight is 1270 g/mol. The molecular weight excluding hydrogens is 1160 g/mol. The zero-order valence-corrected chi connectivity index (χ0v) is 52.1. The summed E-state index contributed by atoms with van der Waals surface area (Å²) in [5.74, 6) is 1.09. The van der Waals surface area contributed by atoms with Crippen molar-refractivity contribution in [3.63, 3.8) is 0 Å². The smallest absolute Gasteiger partial charge is 0.187 e. The maximum atomic E-state index is 11.9. The van der Waals surface area contributed by atoms with Crippen molar-refractivity contribution in [3.05, 3.63) is 11.6 Å². The van der Waals surface area contributed by atoms with Gasteiger partial charge < -0.3 is 134 Å². The molecule has 0 amide bonds. The van der Waals surface area contributed by atoms with E-state index in [0.717, 1.165) is 38.5 Å². The Hall–Kier alpha value is -1.34. The molecule has 0 radical (unpaired) electrons. The topological polar surface area (TPSA) is 436 Å². The van der Waals surface area contributed by atoms with Crippen molar-refractivity contribution >= 4 is 0 Å². The third-order valence-corrected chi connectivity index (χ3v) is 23.0. The third-order valence-electron chi connectivity index (χ3n) is 23.0. The van der Waals surface area contributed by atoms with E-state index in [-0.39, 0.29) is 28.1 Å². The molecule has 4 aliphatic carbocycles. The number of ether oxygens (including phenoxy) is 10. The number of fused-ring (bicyclic) bond motifs is 5. The fraction of sp³-hybridized carbons (Fsp3) is 0.967. The summed E-state index contributed by atoms with van der Waals surface area (Å²) in [5, 5.41) is 181. The van der Waals surface area contributed by atoms with E-state index >= 15 is 0 Å². The first-order valence-corrected chi connectivity index (χ1v) is 31.7. The van der Waals surface area contributed by atoms with Gasteiger partial charge in [-0.2, -0.15) is 0 Å². The third kappa shape index (κ3) is 13.0. The average Bonchev–Trinajstić information content (AvgIpc) is 1.42. The van der Waals surface area contributed by atoms with Crippen LogP contribution in [0.25, 0.3) is 0 Å². The fourth-order valence-electron chi connectivity index (χ4n) is 17.1. The molecule has 3 saturated carbocycles. The van der Waals surface area contributed by atoms with Gasteiger partial charge in [-0.05, 0) is 103 Å². The van der Waals surface area contributed by atoms with Crippen LogP contribution >= 0.6 is 0 Å². The van der Waals surface area contributed by atoms with Crippen molar-refractivity contribution in [2.24, 2.45) is 50.7 Å². The first kappa shape index (κ1) is 71.0. The normalized spacial score (nSPS) is 51.4. The van der Waals surface area contributed by atoms with Crippen molar-refractivity contribution in [2.75, 3.05) is 33.0 Å². The Balaban J connectivity index is 0.871. The minimum atomic E-state index is -1.88. The number of hydrogen-bond donors (Lipinski definition) is 17. The largest absolute Gasteiger partial charge is 0.394 e. The van der Waals surface area contributed by atoms with E-state index in [0.29, 0.717) is 31.1 Å². The molecule has 0 spiro atoms. The first-order chi connectivity index (χ1) is 41.2. The molecule has 28 unspecified atom stereocenters. The van der Waals surface area contributed by atoms with E-state index in [2.05, 4.69) is 47.6 Å². The lowest BCUT2D eigenvalue weighted by Gasteiger charge is -2.66. The quantitative estimate of drug-likeness (QED) is 0.0570. The molecule has 8 fully saturated rings. The molecular formula is C61H104O27. The van der Waals surface area contributed by atoms with Crippen molar-refractivity contribution in [2.45, 2.75) is 286 Å². The summed E-state index contributed by atoms with van der Waals surface area (Å²) >= 11 is 0. The predicted molar refractivity (Wildman–Crippen MR) is 302 cm³/mol.